The molecule has 0 aromatic heterocycles. The summed E-state index contributed by atoms with van der Waals surface area (Å²) in [6.07, 6.45) is 0. The first kappa shape index (κ1) is 26.2. The third kappa shape index (κ3) is 6.28. The van der Waals surface area contributed by atoms with Gasteiger partial charge in [-0.1, -0.05) is 121 Å². The lowest BCUT2D eigenvalue weighted by molar-refractivity contribution is -0.150. The summed E-state index contributed by atoms with van der Waals surface area (Å²) >= 11 is 0. The highest BCUT2D eigenvalue weighted by atomic mass is 16.5. The molecule has 6 nitrogen and oxygen atoms in total. The highest BCUT2D eigenvalue weighted by Crippen LogP contribution is 2.19. The van der Waals surface area contributed by atoms with E-state index < -0.39 is 24.0 Å². The van der Waals surface area contributed by atoms with Crippen LogP contribution in [-0.4, -0.2) is 49.7 Å². The van der Waals surface area contributed by atoms with E-state index in [0.717, 1.165) is 22.3 Å². The van der Waals surface area contributed by atoms with Crippen LogP contribution >= 0.6 is 0 Å². The van der Waals surface area contributed by atoms with E-state index in [4.69, 9.17) is 19.5 Å². The molecule has 0 aliphatic carbocycles. The van der Waals surface area contributed by atoms with Crippen molar-refractivity contribution in [2.24, 2.45) is 9.98 Å². The topological polar surface area (TPSA) is 77.3 Å². The van der Waals surface area contributed by atoms with Crippen molar-refractivity contribution >= 4 is 23.4 Å². The largest absolute Gasteiger partial charge is 0.467 e. The van der Waals surface area contributed by atoms with Crippen molar-refractivity contribution in [1.29, 1.82) is 0 Å². The molecule has 4 rings (SSSR count). The Balaban J connectivity index is 1.94. The molecule has 2 atom stereocenters. The molecule has 190 valence electrons. The number of carbonyl (C=O) groups excluding carboxylic acids is 2. The van der Waals surface area contributed by atoms with Crippen molar-refractivity contribution in [3.8, 4) is 0 Å². The van der Waals surface area contributed by atoms with Gasteiger partial charge in [0, 0.05) is 22.3 Å². The van der Waals surface area contributed by atoms with Gasteiger partial charge in [-0.15, -0.1) is 0 Å². The summed E-state index contributed by atoms with van der Waals surface area (Å²) in [5.74, 6) is -1.40. The Kier molecular flexibility index (Phi) is 8.92. The van der Waals surface area contributed by atoms with Gasteiger partial charge >= 0.3 is 11.9 Å². The van der Waals surface area contributed by atoms with E-state index in [2.05, 4.69) is 0 Å². The standard InChI is InChI=1S/C32H28N2O4/c1-37-31(35)29(33-27(23-15-7-3-8-16-23)24-17-9-4-10-18-24)30(32(36)38-2)34-28(25-19-11-5-12-20-25)26-21-13-6-14-22-26/h3-22,29-30H,1-2H3/t29-,30-/m0/s1. The molecule has 0 saturated carbocycles. The molecular weight excluding hydrogens is 476 g/mol. The number of hydrogen-bond acceptors (Lipinski definition) is 6. The first-order chi connectivity index (χ1) is 18.6. The van der Waals surface area contributed by atoms with Gasteiger partial charge in [-0.25, -0.2) is 9.59 Å². The molecule has 0 unspecified atom stereocenters. The molecule has 4 aromatic rings. The summed E-state index contributed by atoms with van der Waals surface area (Å²) in [6.45, 7) is 0. The molecule has 6 heteroatoms. The molecule has 0 heterocycles. The van der Waals surface area contributed by atoms with E-state index in [9.17, 15) is 9.59 Å². The average Bonchev–Trinajstić information content (AvgIpc) is 3.00. The van der Waals surface area contributed by atoms with Crippen molar-refractivity contribution in [1.82, 2.24) is 0 Å². The summed E-state index contributed by atoms with van der Waals surface area (Å²) in [4.78, 5) is 36.1. The molecule has 0 bridgehead atoms. The number of carbonyl (C=O) groups is 2. The molecular formula is C32H28N2O4. The van der Waals surface area contributed by atoms with Gasteiger partial charge in [0.15, 0.2) is 12.1 Å². The number of nitrogens with zero attached hydrogens (tertiary/aromatic N) is 2. The number of rotatable bonds is 9. The first-order valence-corrected chi connectivity index (χ1v) is 12.2. The molecule has 0 N–H and O–H groups in total. The van der Waals surface area contributed by atoms with Crippen LogP contribution in [0.3, 0.4) is 0 Å². The number of benzene rings is 4. The maximum absolute atomic E-state index is 13.2. The van der Waals surface area contributed by atoms with Crippen molar-refractivity contribution < 1.29 is 19.1 Å². The molecule has 4 aromatic carbocycles. The van der Waals surface area contributed by atoms with E-state index >= 15 is 0 Å². The minimum atomic E-state index is -1.30. The molecule has 0 amide bonds. The Hall–Kier alpha value is -4.84. The average molecular weight is 505 g/mol. The van der Waals surface area contributed by atoms with Crippen LogP contribution in [0.1, 0.15) is 22.3 Å². The molecule has 0 spiro atoms. The third-order valence-electron chi connectivity index (χ3n) is 5.91. The SMILES string of the molecule is COC(=O)[C@@H](N=C(c1ccccc1)c1ccccc1)[C@H](N=C(c1ccccc1)c1ccccc1)C(=O)OC. The Morgan fingerprint density at radius 1 is 0.474 bits per heavy atom. The highest BCUT2D eigenvalue weighted by Gasteiger charge is 2.36. The lowest BCUT2D eigenvalue weighted by Gasteiger charge is -2.21. The quantitative estimate of drug-likeness (QED) is 0.233. The van der Waals surface area contributed by atoms with E-state index in [-0.39, 0.29) is 0 Å². The predicted octanol–water partition coefficient (Wildman–Crippen LogP) is 5.14. The Morgan fingerprint density at radius 2 is 0.711 bits per heavy atom. The summed E-state index contributed by atoms with van der Waals surface area (Å²) in [7, 11) is 2.53. The highest BCUT2D eigenvalue weighted by molar-refractivity contribution is 6.15. The number of aliphatic imine (C=N–C) groups is 2. The van der Waals surface area contributed by atoms with Crippen LogP contribution in [0.2, 0.25) is 0 Å². The zero-order chi connectivity index (χ0) is 26.7. The van der Waals surface area contributed by atoms with Gasteiger partial charge in [-0.3, -0.25) is 9.98 Å². The maximum Gasteiger partial charge on any atom is 0.333 e. The lowest BCUT2D eigenvalue weighted by Crippen LogP contribution is -2.40. The van der Waals surface area contributed by atoms with Gasteiger partial charge < -0.3 is 9.47 Å². The Morgan fingerprint density at radius 3 is 0.921 bits per heavy atom. The van der Waals surface area contributed by atoms with Gasteiger partial charge in [0.1, 0.15) is 0 Å². The van der Waals surface area contributed by atoms with Gasteiger partial charge in [0.05, 0.1) is 25.6 Å². The van der Waals surface area contributed by atoms with Crippen LogP contribution in [0.25, 0.3) is 0 Å². The third-order valence-corrected chi connectivity index (χ3v) is 5.91. The van der Waals surface area contributed by atoms with Crippen LogP contribution < -0.4 is 0 Å². The molecule has 0 aliphatic heterocycles. The second-order valence-corrected chi connectivity index (χ2v) is 8.36. The second-order valence-electron chi connectivity index (χ2n) is 8.36. The molecule has 0 aliphatic rings. The summed E-state index contributed by atoms with van der Waals surface area (Å²) in [5.41, 5.74) is 4.20. The normalized spacial score (nSPS) is 11.9. The lowest BCUT2D eigenvalue weighted by atomic mass is 9.99. The zero-order valence-electron chi connectivity index (χ0n) is 21.2. The minimum Gasteiger partial charge on any atom is -0.467 e. The monoisotopic (exact) mass is 504 g/mol. The fraction of sp³-hybridized carbons (Fsp3) is 0.125. The van der Waals surface area contributed by atoms with Crippen LogP contribution in [0.5, 0.6) is 0 Å². The summed E-state index contributed by atoms with van der Waals surface area (Å²) < 4.78 is 10.3. The van der Waals surface area contributed by atoms with Crippen LogP contribution in [-0.2, 0) is 19.1 Å². The summed E-state index contributed by atoms with van der Waals surface area (Å²) in [5, 5.41) is 0. The molecule has 0 fully saturated rings. The van der Waals surface area contributed by atoms with Gasteiger partial charge in [-0.2, -0.15) is 0 Å². The molecule has 0 saturated heterocycles. The second kappa shape index (κ2) is 12.9. The van der Waals surface area contributed by atoms with E-state index in [1.54, 1.807) is 0 Å². The Labute approximate surface area is 222 Å². The zero-order valence-corrected chi connectivity index (χ0v) is 21.2. The number of ether oxygens (including phenoxy) is 2. The first-order valence-electron chi connectivity index (χ1n) is 12.2. The van der Waals surface area contributed by atoms with Crippen LogP contribution in [0.15, 0.2) is 131 Å². The van der Waals surface area contributed by atoms with Crippen molar-refractivity contribution in [2.45, 2.75) is 12.1 Å². The van der Waals surface area contributed by atoms with Gasteiger partial charge in [-0.05, 0) is 0 Å². The smallest absolute Gasteiger partial charge is 0.333 e. The minimum absolute atomic E-state index is 0.534. The summed E-state index contributed by atoms with van der Waals surface area (Å²) in [6, 6.07) is 35.3. The van der Waals surface area contributed by atoms with Crippen molar-refractivity contribution in [2.75, 3.05) is 14.2 Å². The van der Waals surface area contributed by atoms with E-state index in [1.165, 1.54) is 14.2 Å². The van der Waals surface area contributed by atoms with Gasteiger partial charge in [0.25, 0.3) is 0 Å². The van der Waals surface area contributed by atoms with Crippen LogP contribution in [0, 0.1) is 0 Å². The number of esters is 2. The predicted molar refractivity (Wildman–Crippen MR) is 149 cm³/mol. The van der Waals surface area contributed by atoms with Crippen molar-refractivity contribution in [3.05, 3.63) is 144 Å². The van der Waals surface area contributed by atoms with Crippen LogP contribution in [0.4, 0.5) is 0 Å². The Bertz CT molecular complexity index is 1210. The van der Waals surface area contributed by atoms with E-state index in [0.29, 0.717) is 11.4 Å². The fourth-order valence-electron chi connectivity index (χ4n) is 4.04. The molecule has 0 radical (unpaired) electrons. The molecule has 38 heavy (non-hydrogen) atoms. The van der Waals surface area contributed by atoms with Crippen molar-refractivity contribution in [3.63, 3.8) is 0 Å². The van der Waals surface area contributed by atoms with E-state index in [1.807, 2.05) is 121 Å². The van der Waals surface area contributed by atoms with Gasteiger partial charge in [0.2, 0.25) is 0 Å². The number of methoxy groups -OCH3 is 2. The number of hydrogen-bond donors (Lipinski definition) is 0. The maximum atomic E-state index is 13.2. The fourth-order valence-corrected chi connectivity index (χ4v) is 4.04.